The first-order chi connectivity index (χ1) is 8.65. The fourth-order valence-corrected chi connectivity index (χ4v) is 1.06. The maximum absolute atomic E-state index is 11.2. The number of nitrogens with zero attached hydrogens (tertiary/aromatic N) is 2. The summed E-state index contributed by atoms with van der Waals surface area (Å²) < 4.78 is 9.62. The number of carbonyl (C=O) groups is 1. The second-order valence-corrected chi connectivity index (χ2v) is 3.51. The number of hydrogen-bond acceptors (Lipinski definition) is 7. The number of benzene rings is 1. The zero-order chi connectivity index (χ0) is 13.4. The molecule has 1 aromatic rings. The summed E-state index contributed by atoms with van der Waals surface area (Å²) in [6.45, 7) is 0.405. The van der Waals surface area contributed by atoms with Crippen molar-refractivity contribution in [2.45, 2.75) is 0 Å². The Hall–Kier alpha value is -1.99. The SMILES string of the molecule is CN(CO)CCOC(=O)Oc1ccc(N=O)cc1. The van der Waals surface area contributed by atoms with E-state index in [-0.39, 0.29) is 24.8 Å². The molecule has 0 spiro atoms. The number of aliphatic hydroxyl groups excluding tert-OH is 1. The lowest BCUT2D eigenvalue weighted by molar-refractivity contribution is 0.0708. The van der Waals surface area contributed by atoms with Crippen molar-refractivity contribution in [2.75, 3.05) is 26.9 Å². The number of hydrogen-bond donors (Lipinski definition) is 1. The van der Waals surface area contributed by atoms with Crippen LogP contribution in [0.5, 0.6) is 5.75 Å². The molecule has 0 bridgehead atoms. The number of carbonyl (C=O) groups excluding carboxylic acids is 1. The minimum atomic E-state index is -0.840. The standard InChI is InChI=1S/C11H14N2O5/c1-13(8-14)6-7-17-11(15)18-10-4-2-9(12-16)3-5-10/h2-5,14H,6-8H2,1H3. The van der Waals surface area contributed by atoms with Gasteiger partial charge in [0.1, 0.15) is 18.0 Å². The van der Waals surface area contributed by atoms with Crippen LogP contribution < -0.4 is 4.74 Å². The quantitative estimate of drug-likeness (QED) is 0.358. The van der Waals surface area contributed by atoms with Gasteiger partial charge in [-0.3, -0.25) is 4.90 Å². The molecule has 0 unspecified atom stereocenters. The molecule has 0 heterocycles. The Balaban J connectivity index is 2.32. The van der Waals surface area contributed by atoms with Crippen LogP contribution in [0, 0.1) is 4.91 Å². The molecule has 0 saturated heterocycles. The van der Waals surface area contributed by atoms with Crippen LogP contribution >= 0.6 is 0 Å². The van der Waals surface area contributed by atoms with Crippen molar-refractivity contribution in [3.63, 3.8) is 0 Å². The minimum Gasteiger partial charge on any atom is -0.433 e. The maximum Gasteiger partial charge on any atom is 0.513 e. The highest BCUT2D eigenvalue weighted by Crippen LogP contribution is 2.17. The molecule has 0 atom stereocenters. The van der Waals surface area contributed by atoms with Crippen LogP contribution in [0.15, 0.2) is 29.4 Å². The molecular weight excluding hydrogens is 240 g/mol. The fourth-order valence-electron chi connectivity index (χ4n) is 1.06. The third-order valence-electron chi connectivity index (χ3n) is 2.08. The summed E-state index contributed by atoms with van der Waals surface area (Å²) in [5, 5.41) is 11.4. The lowest BCUT2D eigenvalue weighted by Gasteiger charge is -2.12. The molecule has 0 radical (unpaired) electrons. The molecule has 98 valence electrons. The van der Waals surface area contributed by atoms with Crippen LogP contribution in [-0.2, 0) is 4.74 Å². The van der Waals surface area contributed by atoms with Gasteiger partial charge >= 0.3 is 6.16 Å². The van der Waals surface area contributed by atoms with Gasteiger partial charge in [0.05, 0.1) is 6.73 Å². The Kier molecular flexibility index (Phi) is 5.75. The maximum atomic E-state index is 11.2. The van der Waals surface area contributed by atoms with Gasteiger partial charge in [-0.2, -0.15) is 0 Å². The van der Waals surface area contributed by atoms with Gasteiger partial charge in [-0.05, 0) is 36.5 Å². The van der Waals surface area contributed by atoms with Crippen LogP contribution in [0.1, 0.15) is 0 Å². The minimum absolute atomic E-state index is 0.113. The lowest BCUT2D eigenvalue weighted by Crippen LogP contribution is -2.25. The molecule has 0 aliphatic carbocycles. The van der Waals surface area contributed by atoms with E-state index >= 15 is 0 Å². The van der Waals surface area contributed by atoms with Crippen molar-refractivity contribution in [1.29, 1.82) is 0 Å². The Morgan fingerprint density at radius 1 is 1.39 bits per heavy atom. The number of aliphatic hydroxyl groups is 1. The highest BCUT2D eigenvalue weighted by molar-refractivity contribution is 5.64. The Bertz CT molecular complexity index is 393. The van der Waals surface area contributed by atoms with Crippen LogP contribution in [-0.4, -0.2) is 43.1 Å². The Morgan fingerprint density at radius 2 is 2.06 bits per heavy atom. The van der Waals surface area contributed by atoms with E-state index in [4.69, 9.17) is 14.6 Å². The molecule has 1 aromatic carbocycles. The smallest absolute Gasteiger partial charge is 0.433 e. The summed E-state index contributed by atoms with van der Waals surface area (Å²) in [5.74, 6) is 0.267. The highest BCUT2D eigenvalue weighted by atomic mass is 16.7. The van der Waals surface area contributed by atoms with Gasteiger partial charge in [0.2, 0.25) is 0 Å². The van der Waals surface area contributed by atoms with Gasteiger partial charge in [0.25, 0.3) is 0 Å². The first-order valence-corrected chi connectivity index (χ1v) is 5.23. The van der Waals surface area contributed by atoms with Gasteiger partial charge in [0.15, 0.2) is 0 Å². The monoisotopic (exact) mass is 254 g/mol. The number of likely N-dealkylation sites (N-methyl/N-ethyl adjacent to an activating group) is 1. The molecule has 18 heavy (non-hydrogen) atoms. The third-order valence-corrected chi connectivity index (χ3v) is 2.08. The molecule has 0 aliphatic heterocycles. The van der Waals surface area contributed by atoms with Crippen LogP contribution in [0.3, 0.4) is 0 Å². The van der Waals surface area contributed by atoms with E-state index in [0.29, 0.717) is 6.54 Å². The summed E-state index contributed by atoms with van der Waals surface area (Å²) in [4.78, 5) is 23.0. The number of rotatable bonds is 6. The zero-order valence-corrected chi connectivity index (χ0v) is 9.91. The largest absolute Gasteiger partial charge is 0.513 e. The first-order valence-electron chi connectivity index (χ1n) is 5.23. The van der Waals surface area contributed by atoms with E-state index in [1.807, 2.05) is 0 Å². The lowest BCUT2D eigenvalue weighted by atomic mass is 10.3. The molecule has 0 aliphatic rings. The molecule has 7 heteroatoms. The Labute approximate surface area is 104 Å². The van der Waals surface area contributed by atoms with Crippen LogP contribution in [0.2, 0.25) is 0 Å². The van der Waals surface area contributed by atoms with Crippen molar-refractivity contribution in [3.8, 4) is 5.75 Å². The topological polar surface area (TPSA) is 88.4 Å². The van der Waals surface area contributed by atoms with Crippen LogP contribution in [0.4, 0.5) is 10.5 Å². The van der Waals surface area contributed by atoms with Crippen molar-refractivity contribution < 1.29 is 19.4 Å². The molecule has 0 aromatic heterocycles. The van der Waals surface area contributed by atoms with Crippen molar-refractivity contribution >= 4 is 11.8 Å². The van der Waals surface area contributed by atoms with Gasteiger partial charge in [-0.15, -0.1) is 4.91 Å². The number of ether oxygens (including phenoxy) is 2. The van der Waals surface area contributed by atoms with Gasteiger partial charge in [0, 0.05) is 6.54 Å². The van der Waals surface area contributed by atoms with E-state index in [9.17, 15) is 9.70 Å². The van der Waals surface area contributed by atoms with Crippen molar-refractivity contribution in [1.82, 2.24) is 4.90 Å². The number of nitroso groups, excluding NO2 is 1. The van der Waals surface area contributed by atoms with E-state index < -0.39 is 6.16 Å². The third kappa shape index (κ3) is 4.89. The van der Waals surface area contributed by atoms with E-state index in [1.54, 1.807) is 11.9 Å². The second kappa shape index (κ2) is 7.36. The molecular formula is C11H14N2O5. The average Bonchev–Trinajstić information content (AvgIpc) is 2.39. The fraction of sp³-hybridized carbons (Fsp3) is 0.364. The molecule has 0 fully saturated rings. The molecule has 1 rings (SSSR count). The summed E-state index contributed by atoms with van der Waals surface area (Å²) in [5.41, 5.74) is 0.250. The summed E-state index contributed by atoms with van der Waals surface area (Å²) >= 11 is 0. The predicted octanol–water partition coefficient (Wildman–Crippen LogP) is 1.48. The molecule has 0 amide bonds. The predicted molar refractivity (Wildman–Crippen MR) is 63.6 cm³/mol. The second-order valence-electron chi connectivity index (χ2n) is 3.51. The molecule has 7 nitrogen and oxygen atoms in total. The molecule has 0 saturated carbocycles. The van der Waals surface area contributed by atoms with E-state index in [0.717, 1.165) is 0 Å². The van der Waals surface area contributed by atoms with E-state index in [2.05, 4.69) is 5.18 Å². The van der Waals surface area contributed by atoms with Gasteiger partial charge in [-0.25, -0.2) is 4.79 Å². The molecule has 1 N–H and O–H groups in total. The van der Waals surface area contributed by atoms with Crippen LogP contribution in [0.25, 0.3) is 0 Å². The summed E-state index contributed by atoms with van der Waals surface area (Å²) in [6, 6.07) is 5.74. The first kappa shape index (κ1) is 14.1. The highest BCUT2D eigenvalue weighted by Gasteiger charge is 2.06. The summed E-state index contributed by atoms with van der Waals surface area (Å²) in [7, 11) is 1.68. The normalized spacial score (nSPS) is 10.2. The van der Waals surface area contributed by atoms with Gasteiger partial charge in [-0.1, -0.05) is 0 Å². The van der Waals surface area contributed by atoms with E-state index in [1.165, 1.54) is 24.3 Å². The van der Waals surface area contributed by atoms with Gasteiger partial charge < -0.3 is 14.6 Å². The average molecular weight is 254 g/mol. The zero-order valence-electron chi connectivity index (χ0n) is 9.91. The van der Waals surface area contributed by atoms with Crippen molar-refractivity contribution in [3.05, 3.63) is 29.2 Å². The Morgan fingerprint density at radius 3 is 2.61 bits per heavy atom. The summed E-state index contributed by atoms with van der Waals surface area (Å²) in [6.07, 6.45) is -0.840. The van der Waals surface area contributed by atoms with Crippen molar-refractivity contribution in [2.24, 2.45) is 5.18 Å².